The number of hydrogen-bond donors (Lipinski definition) is 0. The largest absolute Gasteiger partial charge is 0.497 e. The van der Waals surface area contributed by atoms with Crippen LogP contribution in [0.1, 0.15) is 24.0 Å². The van der Waals surface area contributed by atoms with E-state index in [4.69, 9.17) is 18.4 Å². The van der Waals surface area contributed by atoms with Crippen molar-refractivity contribution < 1.29 is 26.8 Å². The average molecular weight is 487 g/mol. The Bertz CT molecular complexity index is 1150. The highest BCUT2D eigenvalue weighted by molar-refractivity contribution is 7.86. The summed E-state index contributed by atoms with van der Waals surface area (Å²) in [5.41, 5.74) is 2.17. The van der Waals surface area contributed by atoms with Crippen molar-refractivity contribution in [2.24, 2.45) is 0 Å². The Morgan fingerprint density at radius 3 is 2.59 bits per heavy atom. The van der Waals surface area contributed by atoms with Crippen LogP contribution in [0.2, 0.25) is 0 Å². The van der Waals surface area contributed by atoms with Gasteiger partial charge in [-0.15, -0.1) is 0 Å². The van der Waals surface area contributed by atoms with Crippen LogP contribution in [0.3, 0.4) is 0 Å². The van der Waals surface area contributed by atoms with Crippen LogP contribution in [-0.4, -0.2) is 50.2 Å². The van der Waals surface area contributed by atoms with Gasteiger partial charge in [-0.05, 0) is 49.6 Å². The second-order valence-electron chi connectivity index (χ2n) is 8.45. The van der Waals surface area contributed by atoms with Crippen molar-refractivity contribution in [3.05, 3.63) is 78.4 Å². The van der Waals surface area contributed by atoms with Crippen LogP contribution in [0.15, 0.2) is 72.1 Å². The Morgan fingerprint density at radius 2 is 1.91 bits per heavy atom. The standard InChI is InChI=1S/C25H30N2O6S/c1-20-5-11-24(12-6-20)34(28,29)32-17-23-16-31-25(33-23,18-27-15-14-26-19-27)13-3-4-21-7-9-22(30-2)10-8-21/h5-12,14-15,19,23H,3-4,13,16-18H2,1-2H3. The minimum Gasteiger partial charge on any atom is -0.497 e. The van der Waals surface area contributed by atoms with Crippen LogP contribution in [0.25, 0.3) is 0 Å². The van der Waals surface area contributed by atoms with Crippen molar-refractivity contribution in [2.45, 2.75) is 49.5 Å². The fourth-order valence-corrected chi connectivity index (χ4v) is 4.88. The molecule has 1 aromatic heterocycles. The van der Waals surface area contributed by atoms with Crippen molar-refractivity contribution in [1.29, 1.82) is 0 Å². The van der Waals surface area contributed by atoms with Gasteiger partial charge < -0.3 is 18.8 Å². The van der Waals surface area contributed by atoms with Crippen molar-refractivity contribution in [2.75, 3.05) is 20.3 Å². The maximum Gasteiger partial charge on any atom is 0.297 e. The van der Waals surface area contributed by atoms with Gasteiger partial charge in [0.05, 0.1) is 38.1 Å². The third-order valence-corrected chi connectivity index (χ3v) is 7.09. The van der Waals surface area contributed by atoms with Gasteiger partial charge in [-0.3, -0.25) is 4.18 Å². The Hall–Kier alpha value is -2.72. The van der Waals surface area contributed by atoms with Crippen LogP contribution >= 0.6 is 0 Å². The number of benzene rings is 2. The fraction of sp³-hybridized carbons (Fsp3) is 0.400. The van der Waals surface area contributed by atoms with Crippen molar-refractivity contribution in [1.82, 2.24) is 9.55 Å². The molecule has 34 heavy (non-hydrogen) atoms. The van der Waals surface area contributed by atoms with Crippen molar-refractivity contribution >= 4 is 10.1 Å². The Labute approximate surface area is 200 Å². The summed E-state index contributed by atoms with van der Waals surface area (Å²) in [6.45, 7) is 2.49. The molecule has 0 spiro atoms. The van der Waals surface area contributed by atoms with Crippen molar-refractivity contribution in [3.8, 4) is 5.75 Å². The molecule has 2 heterocycles. The van der Waals surface area contributed by atoms with Gasteiger partial charge in [-0.25, -0.2) is 4.98 Å². The molecule has 0 N–H and O–H groups in total. The maximum atomic E-state index is 12.6. The fourth-order valence-electron chi connectivity index (χ4n) is 3.94. The van der Waals surface area contributed by atoms with E-state index in [1.807, 2.05) is 42.0 Å². The van der Waals surface area contributed by atoms with E-state index in [0.717, 1.165) is 24.2 Å². The number of aromatic nitrogens is 2. The summed E-state index contributed by atoms with van der Waals surface area (Å²) in [6, 6.07) is 14.5. The molecule has 0 bridgehead atoms. The molecule has 0 radical (unpaired) electrons. The van der Waals surface area contributed by atoms with Gasteiger partial charge in [0.15, 0.2) is 5.79 Å². The lowest BCUT2D eigenvalue weighted by atomic mass is 10.0. The SMILES string of the molecule is COc1ccc(CCCC2(Cn3ccnc3)OCC(COS(=O)(=O)c3ccc(C)cc3)O2)cc1. The summed E-state index contributed by atoms with van der Waals surface area (Å²) in [7, 11) is -2.22. The van der Waals surface area contributed by atoms with Crippen molar-refractivity contribution in [3.63, 3.8) is 0 Å². The van der Waals surface area contributed by atoms with E-state index >= 15 is 0 Å². The summed E-state index contributed by atoms with van der Waals surface area (Å²) < 4.78 is 49.9. The summed E-state index contributed by atoms with van der Waals surface area (Å²) in [6.07, 6.45) is 7.09. The number of aryl methyl sites for hydroxylation is 2. The minimum absolute atomic E-state index is 0.111. The molecule has 2 atom stereocenters. The Balaban J connectivity index is 1.37. The molecule has 0 amide bonds. The van der Waals surface area contributed by atoms with E-state index in [1.165, 1.54) is 5.56 Å². The number of rotatable bonds is 11. The first-order valence-electron chi connectivity index (χ1n) is 11.2. The summed E-state index contributed by atoms with van der Waals surface area (Å²) in [5, 5.41) is 0. The smallest absolute Gasteiger partial charge is 0.297 e. The highest BCUT2D eigenvalue weighted by atomic mass is 32.2. The van der Waals surface area contributed by atoms with Gasteiger partial charge in [0.25, 0.3) is 10.1 Å². The van der Waals surface area contributed by atoms with Gasteiger partial charge in [0, 0.05) is 18.8 Å². The molecule has 2 aromatic carbocycles. The van der Waals surface area contributed by atoms with Gasteiger partial charge in [-0.1, -0.05) is 29.8 Å². The summed E-state index contributed by atoms with van der Waals surface area (Å²) >= 11 is 0. The van der Waals surface area contributed by atoms with Gasteiger partial charge >= 0.3 is 0 Å². The average Bonchev–Trinajstić information content (AvgIpc) is 3.49. The predicted molar refractivity (Wildman–Crippen MR) is 126 cm³/mol. The van der Waals surface area contributed by atoms with Crippen LogP contribution in [0.5, 0.6) is 5.75 Å². The summed E-state index contributed by atoms with van der Waals surface area (Å²) in [4.78, 5) is 4.23. The second-order valence-corrected chi connectivity index (χ2v) is 10.1. The zero-order valence-electron chi connectivity index (χ0n) is 19.4. The number of imidazole rings is 1. The first-order chi connectivity index (χ1) is 16.4. The Morgan fingerprint density at radius 1 is 1.15 bits per heavy atom. The van der Waals surface area contributed by atoms with Crippen LogP contribution < -0.4 is 4.74 Å². The van der Waals surface area contributed by atoms with E-state index in [-0.39, 0.29) is 18.1 Å². The van der Waals surface area contributed by atoms with Gasteiger partial charge in [0.1, 0.15) is 11.9 Å². The van der Waals surface area contributed by atoms with E-state index in [2.05, 4.69) is 4.98 Å². The Kier molecular flexibility index (Phi) is 7.67. The number of nitrogens with zero attached hydrogens (tertiary/aromatic N) is 2. The predicted octanol–water partition coefficient (Wildman–Crippen LogP) is 3.74. The van der Waals surface area contributed by atoms with Crippen LogP contribution in [0.4, 0.5) is 0 Å². The van der Waals surface area contributed by atoms with Gasteiger partial charge in [-0.2, -0.15) is 8.42 Å². The van der Waals surface area contributed by atoms with Gasteiger partial charge in [0.2, 0.25) is 0 Å². The molecular weight excluding hydrogens is 456 g/mol. The lowest BCUT2D eigenvalue weighted by Crippen LogP contribution is -2.37. The molecule has 2 unspecified atom stereocenters. The molecule has 4 rings (SSSR count). The number of hydrogen-bond acceptors (Lipinski definition) is 7. The third-order valence-electron chi connectivity index (χ3n) is 5.80. The van der Waals surface area contributed by atoms with E-state index in [1.54, 1.807) is 43.9 Å². The molecule has 9 heteroatoms. The molecule has 1 aliphatic heterocycles. The normalized spacial score (nSPS) is 20.5. The molecule has 0 saturated carbocycles. The zero-order valence-corrected chi connectivity index (χ0v) is 20.2. The zero-order chi connectivity index (χ0) is 24.0. The molecule has 3 aromatic rings. The monoisotopic (exact) mass is 486 g/mol. The minimum atomic E-state index is -3.87. The first kappa shape index (κ1) is 24.4. The van der Waals surface area contributed by atoms with Crippen LogP contribution in [-0.2, 0) is 36.7 Å². The second kappa shape index (κ2) is 10.7. The number of methoxy groups -OCH3 is 1. The van der Waals surface area contributed by atoms with E-state index < -0.39 is 22.0 Å². The van der Waals surface area contributed by atoms with E-state index in [9.17, 15) is 8.42 Å². The lowest BCUT2D eigenvalue weighted by molar-refractivity contribution is -0.185. The lowest BCUT2D eigenvalue weighted by Gasteiger charge is -2.28. The molecule has 1 aliphatic rings. The molecular formula is C25H30N2O6S. The van der Waals surface area contributed by atoms with Crippen LogP contribution in [0, 0.1) is 6.92 Å². The highest BCUT2D eigenvalue weighted by Crippen LogP contribution is 2.32. The molecule has 1 fully saturated rings. The molecule has 182 valence electrons. The molecule has 1 saturated heterocycles. The summed E-state index contributed by atoms with van der Waals surface area (Å²) in [5.74, 6) is -0.0549. The van der Waals surface area contributed by atoms with E-state index in [0.29, 0.717) is 13.0 Å². The molecule has 0 aliphatic carbocycles. The molecule has 8 nitrogen and oxygen atoms in total. The topological polar surface area (TPSA) is 88.9 Å². The third kappa shape index (κ3) is 6.24. The maximum absolute atomic E-state index is 12.6. The quantitative estimate of drug-likeness (QED) is 0.382. The number of ether oxygens (including phenoxy) is 3. The highest BCUT2D eigenvalue weighted by Gasteiger charge is 2.42. The first-order valence-corrected chi connectivity index (χ1v) is 12.6.